The predicted octanol–water partition coefficient (Wildman–Crippen LogP) is 11.0. The van der Waals surface area contributed by atoms with Gasteiger partial charge in [0.15, 0.2) is 0 Å². The molecule has 0 fully saturated rings. The van der Waals surface area contributed by atoms with Crippen molar-refractivity contribution in [2.75, 3.05) is 0 Å². The van der Waals surface area contributed by atoms with Crippen molar-refractivity contribution in [3.8, 4) is 39.3 Å². The molecule has 0 saturated carbocycles. The van der Waals surface area contributed by atoms with E-state index in [1.165, 1.54) is 54.9 Å². The molecule has 1 heterocycles. The number of benzene rings is 7. The number of imidazole rings is 1. The van der Waals surface area contributed by atoms with Crippen LogP contribution in [0.15, 0.2) is 146 Å². The van der Waals surface area contributed by atoms with Crippen LogP contribution in [-0.2, 0) is 5.41 Å². The zero-order chi connectivity index (χ0) is 29.4. The number of fused-ring (bicyclic) bond motifs is 6. The predicted molar refractivity (Wildman–Crippen MR) is 185 cm³/mol. The van der Waals surface area contributed by atoms with Gasteiger partial charge in [-0.05, 0) is 85.3 Å². The van der Waals surface area contributed by atoms with E-state index in [9.17, 15) is 0 Å². The van der Waals surface area contributed by atoms with Gasteiger partial charge in [-0.25, -0.2) is 4.98 Å². The number of hydrogen-bond acceptors (Lipinski definition) is 1. The van der Waals surface area contributed by atoms with E-state index in [4.69, 9.17) is 4.98 Å². The summed E-state index contributed by atoms with van der Waals surface area (Å²) in [5.74, 6) is 0.960. The van der Waals surface area contributed by atoms with Gasteiger partial charge in [0.1, 0.15) is 5.82 Å². The lowest BCUT2D eigenvalue weighted by Gasteiger charge is -2.23. The van der Waals surface area contributed by atoms with Crippen molar-refractivity contribution in [1.29, 1.82) is 0 Å². The molecule has 7 aromatic carbocycles. The van der Waals surface area contributed by atoms with Crippen molar-refractivity contribution < 1.29 is 0 Å². The van der Waals surface area contributed by atoms with Crippen LogP contribution < -0.4 is 0 Å². The molecule has 1 aliphatic carbocycles. The standard InChI is InChI=1S/C42H30N2/c1-42(2)35-21-11-10-16-29(35)30-25-24-27(26-36(30)42)39-31-17-6-8-19-33(31)40(34-20-9-7-18-32(34)39)41-43-37-22-12-13-23-38(37)44(41)28-14-4-3-5-15-28/h3-26H,1-2H3. The lowest BCUT2D eigenvalue weighted by molar-refractivity contribution is 0.660. The molecule has 0 N–H and O–H groups in total. The molecule has 0 saturated heterocycles. The van der Waals surface area contributed by atoms with Gasteiger partial charge in [-0.1, -0.05) is 129 Å². The first kappa shape index (κ1) is 25.1. The van der Waals surface area contributed by atoms with E-state index in [1.54, 1.807) is 0 Å². The topological polar surface area (TPSA) is 17.8 Å². The molecule has 8 aromatic rings. The third-order valence-electron chi connectivity index (χ3n) is 9.60. The molecular formula is C42H30N2. The fraction of sp³-hybridized carbons (Fsp3) is 0.0714. The van der Waals surface area contributed by atoms with Crippen molar-refractivity contribution in [3.05, 3.63) is 157 Å². The third-order valence-corrected chi connectivity index (χ3v) is 9.60. The Morgan fingerprint density at radius 1 is 0.500 bits per heavy atom. The monoisotopic (exact) mass is 562 g/mol. The van der Waals surface area contributed by atoms with Gasteiger partial charge in [0.25, 0.3) is 0 Å². The number of para-hydroxylation sites is 3. The van der Waals surface area contributed by atoms with Crippen molar-refractivity contribution >= 4 is 32.6 Å². The van der Waals surface area contributed by atoms with Crippen LogP contribution in [0.1, 0.15) is 25.0 Å². The summed E-state index contributed by atoms with van der Waals surface area (Å²) in [6.45, 7) is 4.71. The Hall–Kier alpha value is -5.47. The van der Waals surface area contributed by atoms with Crippen molar-refractivity contribution in [1.82, 2.24) is 9.55 Å². The molecule has 208 valence electrons. The molecule has 2 nitrogen and oxygen atoms in total. The first-order chi connectivity index (χ1) is 21.6. The zero-order valence-electron chi connectivity index (χ0n) is 24.8. The Kier molecular flexibility index (Phi) is 5.28. The van der Waals surface area contributed by atoms with Crippen LogP contribution in [0, 0.1) is 0 Å². The van der Waals surface area contributed by atoms with Gasteiger partial charge in [0.2, 0.25) is 0 Å². The largest absolute Gasteiger partial charge is 0.292 e. The molecule has 0 bridgehead atoms. The second-order valence-electron chi connectivity index (χ2n) is 12.4. The van der Waals surface area contributed by atoms with Gasteiger partial charge in [0, 0.05) is 16.7 Å². The maximum atomic E-state index is 5.31. The van der Waals surface area contributed by atoms with Crippen molar-refractivity contribution in [3.63, 3.8) is 0 Å². The number of aromatic nitrogens is 2. The summed E-state index contributed by atoms with van der Waals surface area (Å²) < 4.78 is 2.32. The molecule has 0 radical (unpaired) electrons. The highest BCUT2D eigenvalue weighted by Crippen LogP contribution is 2.51. The summed E-state index contributed by atoms with van der Waals surface area (Å²) in [4.78, 5) is 5.31. The molecule has 0 atom stereocenters. The fourth-order valence-corrected chi connectivity index (χ4v) is 7.57. The second kappa shape index (κ2) is 9.26. The Balaban J connectivity index is 1.38. The van der Waals surface area contributed by atoms with Gasteiger partial charge in [-0.2, -0.15) is 0 Å². The Morgan fingerprint density at radius 2 is 1.07 bits per heavy atom. The molecule has 2 heteroatoms. The fourth-order valence-electron chi connectivity index (χ4n) is 7.57. The summed E-state index contributed by atoms with van der Waals surface area (Å²) in [5.41, 5.74) is 12.3. The molecule has 1 aromatic heterocycles. The third kappa shape index (κ3) is 3.46. The lowest BCUT2D eigenvalue weighted by Crippen LogP contribution is -2.14. The van der Waals surface area contributed by atoms with Crippen LogP contribution in [0.3, 0.4) is 0 Å². The summed E-state index contributed by atoms with van der Waals surface area (Å²) in [6, 6.07) is 52.8. The van der Waals surface area contributed by atoms with Gasteiger partial charge < -0.3 is 0 Å². The molecule has 0 unspecified atom stereocenters. The molecule has 44 heavy (non-hydrogen) atoms. The minimum Gasteiger partial charge on any atom is -0.292 e. The summed E-state index contributed by atoms with van der Waals surface area (Å²) >= 11 is 0. The molecular weight excluding hydrogens is 532 g/mol. The maximum absolute atomic E-state index is 5.31. The highest BCUT2D eigenvalue weighted by Gasteiger charge is 2.35. The van der Waals surface area contributed by atoms with E-state index in [2.05, 4.69) is 164 Å². The van der Waals surface area contributed by atoms with Gasteiger partial charge >= 0.3 is 0 Å². The lowest BCUT2D eigenvalue weighted by atomic mass is 9.80. The van der Waals surface area contributed by atoms with Crippen LogP contribution in [0.4, 0.5) is 0 Å². The van der Waals surface area contributed by atoms with E-state index >= 15 is 0 Å². The first-order valence-electron chi connectivity index (χ1n) is 15.3. The normalized spacial score (nSPS) is 13.4. The van der Waals surface area contributed by atoms with Crippen LogP contribution in [0.2, 0.25) is 0 Å². The minimum atomic E-state index is -0.0615. The first-order valence-corrected chi connectivity index (χ1v) is 15.3. The Morgan fingerprint density at radius 3 is 1.80 bits per heavy atom. The summed E-state index contributed by atoms with van der Waals surface area (Å²) in [6.07, 6.45) is 0. The summed E-state index contributed by atoms with van der Waals surface area (Å²) in [5, 5.41) is 4.88. The van der Waals surface area contributed by atoms with Gasteiger partial charge in [0.05, 0.1) is 11.0 Å². The smallest absolute Gasteiger partial charge is 0.146 e. The molecule has 0 amide bonds. The zero-order valence-corrected chi connectivity index (χ0v) is 24.8. The Bertz CT molecular complexity index is 2350. The minimum absolute atomic E-state index is 0.0615. The average molecular weight is 563 g/mol. The second-order valence-corrected chi connectivity index (χ2v) is 12.4. The van der Waals surface area contributed by atoms with Crippen LogP contribution in [0.25, 0.3) is 71.9 Å². The van der Waals surface area contributed by atoms with E-state index in [0.717, 1.165) is 28.1 Å². The molecule has 9 rings (SSSR count). The Labute approximate surface area is 256 Å². The summed E-state index contributed by atoms with van der Waals surface area (Å²) in [7, 11) is 0. The van der Waals surface area contributed by atoms with E-state index in [-0.39, 0.29) is 5.41 Å². The highest BCUT2D eigenvalue weighted by molar-refractivity contribution is 6.21. The van der Waals surface area contributed by atoms with Crippen LogP contribution >= 0.6 is 0 Å². The number of rotatable bonds is 3. The van der Waals surface area contributed by atoms with Crippen molar-refractivity contribution in [2.45, 2.75) is 19.3 Å². The average Bonchev–Trinajstić information content (AvgIpc) is 3.56. The van der Waals surface area contributed by atoms with Crippen LogP contribution in [-0.4, -0.2) is 9.55 Å². The van der Waals surface area contributed by atoms with E-state index in [0.29, 0.717) is 0 Å². The highest BCUT2D eigenvalue weighted by atomic mass is 15.1. The van der Waals surface area contributed by atoms with Gasteiger partial charge in [-0.3, -0.25) is 4.57 Å². The molecule has 0 spiro atoms. The molecule has 1 aliphatic rings. The van der Waals surface area contributed by atoms with Crippen LogP contribution in [0.5, 0.6) is 0 Å². The SMILES string of the molecule is CC1(C)c2ccccc2-c2ccc(-c3c4ccccc4c(-c4nc5ccccc5n4-c4ccccc4)c4ccccc34)cc21. The quantitative estimate of drug-likeness (QED) is 0.196. The van der Waals surface area contributed by atoms with Crippen molar-refractivity contribution in [2.24, 2.45) is 0 Å². The maximum Gasteiger partial charge on any atom is 0.146 e. The van der Waals surface area contributed by atoms with E-state index < -0.39 is 0 Å². The molecule has 0 aliphatic heterocycles. The number of hydrogen-bond donors (Lipinski definition) is 0. The van der Waals surface area contributed by atoms with E-state index in [1.807, 2.05) is 0 Å². The van der Waals surface area contributed by atoms with Gasteiger partial charge in [-0.15, -0.1) is 0 Å². The number of nitrogens with zero attached hydrogens (tertiary/aromatic N) is 2.